The van der Waals surface area contributed by atoms with Crippen LogP contribution < -0.4 is 14.8 Å². The smallest absolute Gasteiger partial charge is 0.262 e. The number of anilines is 1. The van der Waals surface area contributed by atoms with Crippen LogP contribution in [0.3, 0.4) is 0 Å². The van der Waals surface area contributed by atoms with Crippen molar-refractivity contribution in [3.63, 3.8) is 0 Å². The third kappa shape index (κ3) is 1.37. The normalized spacial score (nSPS) is 14.0. The van der Waals surface area contributed by atoms with Crippen LogP contribution in [-0.4, -0.2) is 30.2 Å². The fraction of sp³-hybridized carbons (Fsp3) is 0.500. The zero-order valence-corrected chi connectivity index (χ0v) is 7.63. The van der Waals surface area contributed by atoms with Gasteiger partial charge >= 0.3 is 0 Å². The zero-order chi connectivity index (χ0) is 9.26. The second kappa shape index (κ2) is 3.08. The Labute approximate surface area is 76.1 Å². The minimum Gasteiger partial charge on any atom is -0.483 e. The molecule has 0 saturated carbocycles. The molecule has 5 nitrogen and oxygen atoms in total. The summed E-state index contributed by atoms with van der Waals surface area (Å²) in [6.07, 6.45) is 0. The van der Waals surface area contributed by atoms with Crippen molar-refractivity contribution in [1.29, 1.82) is 0 Å². The van der Waals surface area contributed by atoms with Gasteiger partial charge in [-0.2, -0.15) is 4.98 Å². The molecule has 0 atom stereocenters. The molecule has 2 rings (SSSR count). The lowest BCUT2D eigenvalue weighted by Crippen LogP contribution is -2.18. The lowest BCUT2D eigenvalue weighted by molar-refractivity contribution is 0.162. The van der Waals surface area contributed by atoms with Gasteiger partial charge in [0.1, 0.15) is 13.2 Å². The summed E-state index contributed by atoms with van der Waals surface area (Å²) >= 11 is 0. The molecule has 0 radical (unpaired) electrons. The van der Waals surface area contributed by atoms with Gasteiger partial charge in [-0.25, -0.2) is 4.98 Å². The molecular formula is C8H11N3O2. The molecule has 1 aliphatic heterocycles. The second-order valence-electron chi connectivity index (χ2n) is 2.71. The summed E-state index contributed by atoms with van der Waals surface area (Å²) in [5.41, 5.74) is 0.800. The van der Waals surface area contributed by atoms with Gasteiger partial charge in [0.2, 0.25) is 11.7 Å². The maximum atomic E-state index is 5.38. The Morgan fingerprint density at radius 2 is 2.00 bits per heavy atom. The van der Waals surface area contributed by atoms with Gasteiger partial charge in [0.25, 0.3) is 5.88 Å². The molecule has 0 amide bonds. The maximum Gasteiger partial charge on any atom is 0.262 e. The lowest BCUT2D eigenvalue weighted by atomic mass is 10.4. The number of nitrogens with one attached hydrogen (secondary N) is 1. The van der Waals surface area contributed by atoms with E-state index in [4.69, 9.17) is 9.47 Å². The monoisotopic (exact) mass is 181 g/mol. The summed E-state index contributed by atoms with van der Waals surface area (Å²) in [6.45, 7) is 2.98. The van der Waals surface area contributed by atoms with Gasteiger partial charge < -0.3 is 14.8 Å². The van der Waals surface area contributed by atoms with E-state index in [0.717, 1.165) is 5.69 Å². The molecule has 0 aromatic carbocycles. The Bertz CT molecular complexity index is 327. The van der Waals surface area contributed by atoms with Crippen molar-refractivity contribution < 1.29 is 9.47 Å². The number of rotatable bonds is 1. The molecule has 5 heteroatoms. The molecule has 1 N–H and O–H groups in total. The number of aryl methyl sites for hydroxylation is 1. The van der Waals surface area contributed by atoms with Gasteiger partial charge in [-0.3, -0.25) is 0 Å². The van der Waals surface area contributed by atoms with Crippen molar-refractivity contribution in [3.05, 3.63) is 5.69 Å². The van der Waals surface area contributed by atoms with E-state index in [2.05, 4.69) is 15.3 Å². The molecule has 0 aliphatic carbocycles. The van der Waals surface area contributed by atoms with Crippen molar-refractivity contribution in [3.8, 4) is 11.6 Å². The number of ether oxygens (including phenoxy) is 2. The maximum absolute atomic E-state index is 5.38. The standard InChI is InChI=1S/C8H11N3O2/c1-5-6-7(13-4-3-12-6)11-8(9-2)10-5/h3-4H2,1-2H3,(H,9,10,11). The fourth-order valence-corrected chi connectivity index (χ4v) is 1.19. The molecule has 2 heterocycles. The van der Waals surface area contributed by atoms with Gasteiger partial charge in [-0.05, 0) is 6.92 Å². The minimum atomic E-state index is 0.531. The highest BCUT2D eigenvalue weighted by Gasteiger charge is 2.17. The molecule has 0 fully saturated rings. The Balaban J connectivity index is 2.47. The summed E-state index contributed by atoms with van der Waals surface area (Å²) in [5.74, 6) is 1.75. The second-order valence-corrected chi connectivity index (χ2v) is 2.71. The van der Waals surface area contributed by atoms with Crippen LogP contribution in [0, 0.1) is 6.92 Å². The zero-order valence-electron chi connectivity index (χ0n) is 7.63. The fourth-order valence-electron chi connectivity index (χ4n) is 1.19. The largest absolute Gasteiger partial charge is 0.483 e. The van der Waals surface area contributed by atoms with Crippen molar-refractivity contribution in [2.45, 2.75) is 6.92 Å². The highest BCUT2D eigenvalue weighted by atomic mass is 16.6. The Morgan fingerprint density at radius 3 is 2.77 bits per heavy atom. The van der Waals surface area contributed by atoms with Crippen LogP contribution in [0.4, 0.5) is 5.95 Å². The first-order chi connectivity index (χ1) is 6.31. The van der Waals surface area contributed by atoms with E-state index < -0.39 is 0 Å². The SMILES string of the molecule is CNc1nc(C)c2c(n1)OCCO2. The number of nitrogens with zero attached hydrogens (tertiary/aromatic N) is 2. The van der Waals surface area contributed by atoms with Crippen LogP contribution in [0.25, 0.3) is 0 Å². The van der Waals surface area contributed by atoms with Gasteiger partial charge in [0, 0.05) is 7.05 Å². The lowest BCUT2D eigenvalue weighted by Gasteiger charge is -2.18. The Morgan fingerprint density at radius 1 is 1.23 bits per heavy atom. The summed E-state index contributed by atoms with van der Waals surface area (Å²) in [5, 5.41) is 2.86. The van der Waals surface area contributed by atoms with Crippen molar-refractivity contribution in [2.24, 2.45) is 0 Å². The molecule has 1 aliphatic rings. The molecule has 0 spiro atoms. The number of hydrogen-bond donors (Lipinski definition) is 1. The van der Waals surface area contributed by atoms with Crippen molar-refractivity contribution >= 4 is 5.95 Å². The predicted octanol–water partition coefficient (Wildman–Crippen LogP) is 0.598. The van der Waals surface area contributed by atoms with Crippen LogP contribution >= 0.6 is 0 Å². The van der Waals surface area contributed by atoms with Gasteiger partial charge in [-0.1, -0.05) is 0 Å². The first-order valence-electron chi connectivity index (χ1n) is 4.13. The van der Waals surface area contributed by atoms with Crippen LogP contribution in [0.2, 0.25) is 0 Å². The van der Waals surface area contributed by atoms with Crippen LogP contribution in [-0.2, 0) is 0 Å². The van der Waals surface area contributed by atoms with Crippen LogP contribution in [0.1, 0.15) is 5.69 Å². The molecule has 0 unspecified atom stereocenters. The average Bonchev–Trinajstić information content (AvgIpc) is 2.18. The third-order valence-electron chi connectivity index (χ3n) is 1.80. The minimum absolute atomic E-state index is 0.531. The Hall–Kier alpha value is -1.52. The number of hydrogen-bond acceptors (Lipinski definition) is 5. The third-order valence-corrected chi connectivity index (χ3v) is 1.80. The molecule has 70 valence electrons. The quantitative estimate of drug-likeness (QED) is 0.687. The van der Waals surface area contributed by atoms with E-state index in [9.17, 15) is 0 Å². The van der Waals surface area contributed by atoms with Crippen LogP contribution in [0.5, 0.6) is 11.6 Å². The van der Waals surface area contributed by atoms with E-state index >= 15 is 0 Å². The van der Waals surface area contributed by atoms with Crippen molar-refractivity contribution in [1.82, 2.24) is 9.97 Å². The average molecular weight is 181 g/mol. The first-order valence-corrected chi connectivity index (χ1v) is 4.13. The molecule has 0 saturated heterocycles. The molecule has 13 heavy (non-hydrogen) atoms. The highest BCUT2D eigenvalue weighted by molar-refractivity contribution is 5.43. The molecule has 1 aromatic rings. The van der Waals surface area contributed by atoms with E-state index in [-0.39, 0.29) is 0 Å². The molecule has 1 aromatic heterocycles. The number of aromatic nitrogens is 2. The van der Waals surface area contributed by atoms with E-state index in [1.807, 2.05) is 6.92 Å². The molecule has 0 bridgehead atoms. The summed E-state index contributed by atoms with van der Waals surface area (Å²) in [7, 11) is 1.77. The predicted molar refractivity (Wildman–Crippen MR) is 47.3 cm³/mol. The van der Waals surface area contributed by atoms with E-state index in [1.165, 1.54) is 0 Å². The van der Waals surface area contributed by atoms with E-state index in [0.29, 0.717) is 30.8 Å². The highest BCUT2D eigenvalue weighted by Crippen LogP contribution is 2.30. The van der Waals surface area contributed by atoms with Gasteiger partial charge in [0.05, 0.1) is 5.69 Å². The summed E-state index contributed by atoms with van der Waals surface area (Å²) < 4.78 is 10.7. The number of fused-ring (bicyclic) bond motifs is 1. The van der Waals surface area contributed by atoms with Crippen LogP contribution in [0.15, 0.2) is 0 Å². The topological polar surface area (TPSA) is 56.3 Å². The first kappa shape index (κ1) is 8.10. The summed E-state index contributed by atoms with van der Waals surface area (Å²) in [6, 6.07) is 0. The van der Waals surface area contributed by atoms with Crippen molar-refractivity contribution in [2.75, 3.05) is 25.6 Å². The Kier molecular flexibility index (Phi) is 1.92. The van der Waals surface area contributed by atoms with Gasteiger partial charge in [0.15, 0.2) is 0 Å². The summed E-state index contributed by atoms with van der Waals surface area (Å²) in [4.78, 5) is 8.30. The van der Waals surface area contributed by atoms with E-state index in [1.54, 1.807) is 7.05 Å². The molecular weight excluding hydrogens is 170 g/mol. The van der Waals surface area contributed by atoms with Gasteiger partial charge in [-0.15, -0.1) is 0 Å².